The van der Waals surface area contributed by atoms with Crippen molar-refractivity contribution < 1.29 is 23.6 Å². The molecule has 0 saturated carbocycles. The van der Waals surface area contributed by atoms with Gasteiger partial charge in [-0.3, -0.25) is 4.79 Å². The number of fused-ring (bicyclic) bond motifs is 1. The number of hydrogen-bond donors (Lipinski definition) is 1. The highest BCUT2D eigenvalue weighted by molar-refractivity contribution is 5.93. The molecule has 164 valence electrons. The maximum atomic E-state index is 13.0. The molecular formula is C24H30N3O4+. The van der Waals surface area contributed by atoms with Gasteiger partial charge in [-0.05, 0) is 50.6 Å². The Morgan fingerprint density at radius 1 is 1.13 bits per heavy atom. The first kappa shape index (κ1) is 22.3. The molecule has 1 heterocycles. The zero-order valence-corrected chi connectivity index (χ0v) is 18.8. The van der Waals surface area contributed by atoms with E-state index >= 15 is 0 Å². The van der Waals surface area contributed by atoms with Crippen molar-refractivity contribution in [3.05, 3.63) is 59.4 Å². The third-order valence-electron chi connectivity index (χ3n) is 5.48. The normalized spacial score (nSPS) is 11.9. The number of aryl methyl sites for hydroxylation is 1. The van der Waals surface area contributed by atoms with Gasteiger partial charge in [-0.2, -0.15) is 0 Å². The highest BCUT2D eigenvalue weighted by atomic mass is 16.5. The van der Waals surface area contributed by atoms with Crippen LogP contribution in [0.4, 0.5) is 0 Å². The summed E-state index contributed by atoms with van der Waals surface area (Å²) in [4.78, 5) is 25.2. The lowest BCUT2D eigenvalue weighted by atomic mass is 10.2. The maximum absolute atomic E-state index is 13.0. The Balaban J connectivity index is 1.89. The summed E-state index contributed by atoms with van der Waals surface area (Å²) in [6, 6.07) is 12.6. The second-order valence-electron chi connectivity index (χ2n) is 7.33. The molecule has 0 unspecified atom stereocenters. The zero-order chi connectivity index (χ0) is 22.5. The van der Waals surface area contributed by atoms with Crippen molar-refractivity contribution in [2.24, 2.45) is 0 Å². The molecular weight excluding hydrogens is 394 g/mol. The number of rotatable bonds is 8. The lowest BCUT2D eigenvalue weighted by Gasteiger charge is -2.12. The Kier molecular flexibility index (Phi) is 6.95. The van der Waals surface area contributed by atoms with Gasteiger partial charge in [-0.1, -0.05) is 12.1 Å². The number of aromatic nitrogens is 2. The minimum Gasteiger partial charge on any atom is -0.497 e. The number of carbonyl (C=O) groups is 2. The van der Waals surface area contributed by atoms with Crippen LogP contribution in [-0.4, -0.2) is 30.2 Å². The SMILES string of the molecule is CCOC(=O)c1ccc2c(c1)n([C@@H](C)C(=O)NCc1ccc(OC)cc1)c(C)[n+]2CC. The molecule has 0 bridgehead atoms. The van der Waals surface area contributed by atoms with Crippen molar-refractivity contribution in [3.8, 4) is 5.75 Å². The number of carbonyl (C=O) groups excluding carboxylic acids is 2. The first-order chi connectivity index (χ1) is 14.9. The lowest BCUT2D eigenvalue weighted by molar-refractivity contribution is -0.675. The Hall–Kier alpha value is -3.35. The molecule has 1 aromatic heterocycles. The molecule has 0 aliphatic heterocycles. The van der Waals surface area contributed by atoms with E-state index in [4.69, 9.17) is 9.47 Å². The summed E-state index contributed by atoms with van der Waals surface area (Å²) in [5, 5.41) is 3.01. The summed E-state index contributed by atoms with van der Waals surface area (Å²) in [5.74, 6) is 1.26. The van der Waals surface area contributed by atoms with Crippen molar-refractivity contribution in [2.45, 2.75) is 46.8 Å². The molecule has 3 aromatic rings. The predicted octanol–water partition coefficient (Wildman–Crippen LogP) is 3.32. The Morgan fingerprint density at radius 2 is 1.84 bits per heavy atom. The molecule has 0 fully saturated rings. The largest absolute Gasteiger partial charge is 0.497 e. The summed E-state index contributed by atoms with van der Waals surface area (Å²) >= 11 is 0. The standard InChI is InChI=1S/C24H29N3O4/c1-6-26-17(4)27(22-14-19(10-13-21(22)26)24(29)31-7-2)16(3)23(28)25-15-18-8-11-20(30-5)12-9-18/h8-14,16H,6-7,15H2,1-5H3/p+1/t16-/m0/s1. The molecule has 0 aliphatic carbocycles. The van der Waals surface area contributed by atoms with Crippen molar-refractivity contribution in [1.29, 1.82) is 0 Å². The summed E-state index contributed by atoms with van der Waals surface area (Å²) in [7, 11) is 1.62. The number of benzene rings is 2. The van der Waals surface area contributed by atoms with Crippen LogP contribution in [0.25, 0.3) is 11.0 Å². The fraction of sp³-hybridized carbons (Fsp3) is 0.375. The van der Waals surface area contributed by atoms with Gasteiger partial charge in [0.2, 0.25) is 0 Å². The van der Waals surface area contributed by atoms with Crippen LogP contribution in [0.1, 0.15) is 48.6 Å². The van der Waals surface area contributed by atoms with E-state index in [1.807, 2.05) is 48.7 Å². The van der Waals surface area contributed by atoms with Crippen LogP contribution in [0.15, 0.2) is 42.5 Å². The molecule has 0 saturated heterocycles. The topological polar surface area (TPSA) is 73.4 Å². The Labute approximate surface area is 182 Å². The second-order valence-corrected chi connectivity index (χ2v) is 7.33. The van der Waals surface area contributed by atoms with Crippen molar-refractivity contribution in [3.63, 3.8) is 0 Å². The summed E-state index contributed by atoms with van der Waals surface area (Å²) in [6.45, 7) is 9.19. The Morgan fingerprint density at radius 3 is 2.45 bits per heavy atom. The minimum atomic E-state index is -0.453. The molecule has 1 N–H and O–H groups in total. The van der Waals surface area contributed by atoms with E-state index in [0.717, 1.165) is 34.7 Å². The molecule has 7 nitrogen and oxygen atoms in total. The van der Waals surface area contributed by atoms with Crippen LogP contribution >= 0.6 is 0 Å². The maximum Gasteiger partial charge on any atom is 0.338 e. The van der Waals surface area contributed by atoms with Gasteiger partial charge in [-0.25, -0.2) is 13.9 Å². The van der Waals surface area contributed by atoms with Crippen molar-refractivity contribution in [1.82, 2.24) is 9.88 Å². The number of esters is 1. The Bertz CT molecular complexity index is 1090. The first-order valence-electron chi connectivity index (χ1n) is 10.5. The average molecular weight is 425 g/mol. The third-order valence-corrected chi connectivity index (χ3v) is 5.48. The summed E-state index contributed by atoms with van der Waals surface area (Å²) < 4.78 is 14.4. The quantitative estimate of drug-likeness (QED) is 0.445. The predicted molar refractivity (Wildman–Crippen MR) is 118 cm³/mol. The molecule has 3 rings (SSSR count). The number of amides is 1. The molecule has 2 aromatic carbocycles. The highest BCUT2D eigenvalue weighted by Crippen LogP contribution is 2.22. The summed E-state index contributed by atoms with van der Waals surface area (Å²) in [5.41, 5.74) is 3.27. The van der Waals surface area contributed by atoms with Gasteiger partial charge in [0.25, 0.3) is 11.7 Å². The van der Waals surface area contributed by atoms with Crippen LogP contribution in [-0.2, 0) is 22.6 Å². The van der Waals surface area contributed by atoms with Gasteiger partial charge in [0, 0.05) is 19.5 Å². The zero-order valence-electron chi connectivity index (χ0n) is 18.8. The van der Waals surface area contributed by atoms with E-state index in [2.05, 4.69) is 16.8 Å². The van der Waals surface area contributed by atoms with Gasteiger partial charge in [-0.15, -0.1) is 0 Å². The van der Waals surface area contributed by atoms with Crippen molar-refractivity contribution in [2.75, 3.05) is 13.7 Å². The molecule has 1 amide bonds. The van der Waals surface area contributed by atoms with E-state index in [1.165, 1.54) is 0 Å². The molecule has 0 aliphatic rings. The number of hydrogen-bond acceptors (Lipinski definition) is 4. The first-order valence-corrected chi connectivity index (χ1v) is 10.5. The molecule has 0 radical (unpaired) electrons. The van der Waals surface area contributed by atoms with Crippen molar-refractivity contribution >= 4 is 22.9 Å². The van der Waals surface area contributed by atoms with E-state index in [-0.39, 0.29) is 11.9 Å². The number of ether oxygens (including phenoxy) is 2. The summed E-state index contributed by atoms with van der Waals surface area (Å²) in [6.07, 6.45) is 0. The molecule has 31 heavy (non-hydrogen) atoms. The second kappa shape index (κ2) is 9.64. The lowest BCUT2D eigenvalue weighted by Crippen LogP contribution is -2.37. The molecule has 0 spiro atoms. The van der Waals surface area contributed by atoms with Crippen LogP contribution in [0, 0.1) is 6.92 Å². The number of methoxy groups -OCH3 is 1. The van der Waals surface area contributed by atoms with Gasteiger partial charge in [0.05, 0.1) is 25.8 Å². The van der Waals surface area contributed by atoms with E-state index < -0.39 is 6.04 Å². The van der Waals surface area contributed by atoms with Gasteiger partial charge in [0.1, 0.15) is 5.75 Å². The monoisotopic (exact) mass is 424 g/mol. The fourth-order valence-electron chi connectivity index (χ4n) is 3.85. The van der Waals surface area contributed by atoms with Crippen LogP contribution in [0.5, 0.6) is 5.75 Å². The third kappa shape index (κ3) is 4.55. The van der Waals surface area contributed by atoms with Crippen LogP contribution < -0.4 is 14.6 Å². The van der Waals surface area contributed by atoms with Gasteiger partial charge >= 0.3 is 5.97 Å². The molecule has 7 heteroatoms. The molecule has 1 atom stereocenters. The van der Waals surface area contributed by atoms with E-state index in [0.29, 0.717) is 18.7 Å². The van der Waals surface area contributed by atoms with E-state index in [1.54, 1.807) is 26.2 Å². The highest BCUT2D eigenvalue weighted by Gasteiger charge is 2.29. The van der Waals surface area contributed by atoms with E-state index in [9.17, 15) is 9.59 Å². The van der Waals surface area contributed by atoms with Crippen LogP contribution in [0.3, 0.4) is 0 Å². The average Bonchev–Trinajstić information content (AvgIpc) is 3.07. The van der Waals surface area contributed by atoms with Gasteiger partial charge in [0.15, 0.2) is 17.1 Å². The smallest absolute Gasteiger partial charge is 0.338 e. The fourth-order valence-corrected chi connectivity index (χ4v) is 3.85. The van der Waals surface area contributed by atoms with Gasteiger partial charge < -0.3 is 14.8 Å². The number of nitrogens with zero attached hydrogens (tertiary/aromatic N) is 2. The van der Waals surface area contributed by atoms with Crippen LogP contribution in [0.2, 0.25) is 0 Å². The number of imidazole rings is 1. The minimum absolute atomic E-state index is 0.0967. The number of nitrogens with one attached hydrogen (secondary N) is 1.